The zero-order valence-corrected chi connectivity index (χ0v) is 6.00. The second kappa shape index (κ2) is 6.80. The van der Waals surface area contributed by atoms with Gasteiger partial charge in [-0.2, -0.15) is 0 Å². The summed E-state index contributed by atoms with van der Waals surface area (Å²) in [5.74, 6) is 0. The topological polar surface area (TPSA) is 14.1 Å². The van der Waals surface area contributed by atoms with Crippen LogP contribution in [0.1, 0.15) is 26.2 Å². The number of nitrogens with zero attached hydrogens (tertiary/aromatic N) is 1. The number of hydrogen-bond acceptors (Lipinski definition) is 2. The van der Waals surface area contributed by atoms with Gasteiger partial charge >= 0.3 is 5.16 Å². The van der Waals surface area contributed by atoms with Crippen LogP contribution in [0.4, 0.5) is 0 Å². The average molecular weight is 129 g/mol. The minimum atomic E-state index is 0.858. The lowest BCUT2D eigenvalue weighted by Crippen LogP contribution is -1.90. The molecule has 8 heavy (non-hydrogen) atoms. The maximum absolute atomic E-state index is 4.38. The first-order valence-electron chi connectivity index (χ1n) is 2.95. The van der Waals surface area contributed by atoms with E-state index in [9.17, 15) is 0 Å². The number of unbranched alkanes of at least 4 members (excludes halogenated alkanes) is 2. The Balaban J connectivity index is 2.82. The van der Waals surface area contributed by atoms with Crippen LogP contribution in [0.5, 0.6) is 0 Å². The summed E-state index contributed by atoms with van der Waals surface area (Å²) < 4.78 is 0. The molecule has 2 heteroatoms. The van der Waals surface area contributed by atoms with Crippen molar-refractivity contribution in [1.29, 1.82) is 0 Å². The number of isothiocyanates is 1. The van der Waals surface area contributed by atoms with Gasteiger partial charge in [-0.3, -0.25) is 0 Å². The van der Waals surface area contributed by atoms with Crippen LogP contribution < -0.4 is 4.99 Å². The van der Waals surface area contributed by atoms with Crippen LogP contribution in [-0.2, 0) is 0 Å². The van der Waals surface area contributed by atoms with Crippen molar-refractivity contribution in [2.24, 2.45) is 0 Å². The summed E-state index contributed by atoms with van der Waals surface area (Å²) in [6.07, 6.45) is 3.65. The molecule has 1 radical (unpaired) electrons. The molecule has 0 aliphatic rings. The lowest BCUT2D eigenvalue weighted by atomic mass is 10.3. The largest absolute Gasteiger partial charge is 0.323 e. The van der Waals surface area contributed by atoms with Gasteiger partial charge in [0, 0.05) is 6.42 Å². The molecule has 0 rings (SSSR count). The second-order valence-corrected chi connectivity index (χ2v) is 1.86. The van der Waals surface area contributed by atoms with Gasteiger partial charge in [0.05, 0.1) is 17.2 Å². The molecule has 0 aromatic carbocycles. The number of aliphatic imine (C=N–C) groups is 1. The molecule has 0 N–H and O–H groups in total. The Morgan fingerprint density at radius 3 is 2.75 bits per heavy atom. The molecule has 0 spiro atoms. The molecule has 0 saturated carbocycles. The summed E-state index contributed by atoms with van der Waals surface area (Å²) in [6.45, 7) is 3.03. The van der Waals surface area contributed by atoms with Crippen molar-refractivity contribution < 1.29 is 0 Å². The molecule has 0 bridgehead atoms. The number of rotatable bonds is 4. The van der Waals surface area contributed by atoms with Gasteiger partial charge in [-0.25, -0.2) is 0 Å². The van der Waals surface area contributed by atoms with Crippen LogP contribution in [0.25, 0.3) is 0 Å². The van der Waals surface area contributed by atoms with Gasteiger partial charge in [0.1, 0.15) is 0 Å². The smallest absolute Gasteiger partial charge is 0.0654 e. The van der Waals surface area contributed by atoms with Gasteiger partial charge < -0.3 is 0 Å². The first-order valence-corrected chi connectivity index (χ1v) is 3.36. The molecule has 45 valence electrons. The molecule has 0 unspecified atom stereocenters. The van der Waals surface area contributed by atoms with Crippen molar-refractivity contribution in [1.82, 2.24) is 4.99 Å². The summed E-state index contributed by atoms with van der Waals surface area (Å²) in [5.41, 5.74) is 0. The fraction of sp³-hybridized carbons (Fsp3) is 0.833. The summed E-state index contributed by atoms with van der Waals surface area (Å²) in [5, 5.41) is 2.33. The van der Waals surface area contributed by atoms with Crippen LogP contribution in [0.3, 0.4) is 0 Å². The monoisotopic (exact) mass is 129 g/mol. The summed E-state index contributed by atoms with van der Waals surface area (Å²) in [6, 6.07) is 0. The Hall–Kier alpha value is -0.200. The zero-order valence-electron chi connectivity index (χ0n) is 5.18. The Labute approximate surface area is 55.8 Å². The predicted molar refractivity (Wildman–Crippen MR) is 39.1 cm³/mol. The Kier molecular flexibility index (Phi) is 6.63. The Morgan fingerprint density at radius 1 is 1.50 bits per heavy atom. The predicted octanol–water partition coefficient (Wildman–Crippen LogP) is 1.62. The van der Waals surface area contributed by atoms with Crippen LogP contribution in [0.2, 0.25) is 0 Å². The molecule has 0 fully saturated rings. The van der Waals surface area contributed by atoms with E-state index in [-0.39, 0.29) is 0 Å². The van der Waals surface area contributed by atoms with Gasteiger partial charge in [-0.1, -0.05) is 13.3 Å². The lowest BCUT2D eigenvalue weighted by molar-refractivity contribution is 0.709. The molecule has 0 aliphatic carbocycles. The molecule has 0 aromatic rings. The summed E-state index contributed by atoms with van der Waals surface area (Å²) in [4.78, 5) is 3.77. The molecular weight excluding hydrogens is 118 g/mol. The van der Waals surface area contributed by atoms with Crippen molar-refractivity contribution in [3.8, 4) is 0 Å². The van der Waals surface area contributed by atoms with E-state index in [2.05, 4.69) is 29.3 Å². The molecule has 0 aromatic heterocycles. The maximum Gasteiger partial charge on any atom is 0.323 e. The summed E-state index contributed by atoms with van der Waals surface area (Å²) >= 11 is 4.38. The maximum atomic E-state index is 4.38. The minimum Gasteiger partial charge on any atom is -0.0654 e. The molecule has 0 aliphatic heterocycles. The SMILES string of the molecule is CCCCC[N+]=C=S. The van der Waals surface area contributed by atoms with E-state index in [1.54, 1.807) is 0 Å². The van der Waals surface area contributed by atoms with Gasteiger partial charge in [0.25, 0.3) is 0 Å². The van der Waals surface area contributed by atoms with Crippen molar-refractivity contribution in [3.63, 3.8) is 0 Å². The molecule has 0 amide bonds. The third-order valence-corrected chi connectivity index (χ3v) is 1.07. The van der Waals surface area contributed by atoms with Crippen molar-refractivity contribution in [3.05, 3.63) is 0 Å². The molecule has 0 atom stereocenters. The van der Waals surface area contributed by atoms with Crippen LogP contribution in [0.15, 0.2) is 0 Å². The fourth-order valence-electron chi connectivity index (χ4n) is 0.487. The van der Waals surface area contributed by atoms with Gasteiger partial charge in [-0.15, -0.1) is 0 Å². The van der Waals surface area contributed by atoms with Crippen molar-refractivity contribution in [2.45, 2.75) is 26.2 Å². The normalized spacial score (nSPS) is 8.12. The van der Waals surface area contributed by atoms with E-state index in [0.717, 1.165) is 13.0 Å². The first kappa shape index (κ1) is 7.80. The van der Waals surface area contributed by atoms with E-state index in [1.165, 1.54) is 12.8 Å². The molecule has 0 heterocycles. The van der Waals surface area contributed by atoms with Gasteiger partial charge in [-0.05, 0) is 6.42 Å². The summed E-state index contributed by atoms with van der Waals surface area (Å²) in [7, 11) is 0. The number of hydrogen-bond donors (Lipinski definition) is 0. The van der Waals surface area contributed by atoms with Crippen molar-refractivity contribution >= 4 is 17.4 Å². The van der Waals surface area contributed by atoms with Crippen LogP contribution in [0, 0.1) is 0 Å². The van der Waals surface area contributed by atoms with Gasteiger partial charge in [0.15, 0.2) is 0 Å². The Morgan fingerprint density at radius 2 is 2.25 bits per heavy atom. The second-order valence-electron chi connectivity index (χ2n) is 1.68. The Bertz CT molecular complexity index is 84.5. The standard InChI is InChI=1S/C6H11NS/c1-2-3-4-5-7-6-8/h2-5H2,1H3/q+1. The highest BCUT2D eigenvalue weighted by Crippen LogP contribution is 1.89. The van der Waals surface area contributed by atoms with Crippen molar-refractivity contribution in [2.75, 3.05) is 6.54 Å². The third-order valence-electron chi connectivity index (χ3n) is 0.938. The van der Waals surface area contributed by atoms with E-state index >= 15 is 0 Å². The minimum absolute atomic E-state index is 0.858. The molecule has 1 nitrogen and oxygen atoms in total. The van der Waals surface area contributed by atoms with E-state index in [1.807, 2.05) is 0 Å². The van der Waals surface area contributed by atoms with Gasteiger partial charge in [0.2, 0.25) is 6.54 Å². The molecule has 0 saturated heterocycles. The highest BCUT2D eigenvalue weighted by atomic mass is 32.1. The quantitative estimate of drug-likeness (QED) is 0.319. The zero-order chi connectivity index (χ0) is 6.24. The van der Waals surface area contributed by atoms with E-state index in [0.29, 0.717) is 0 Å². The van der Waals surface area contributed by atoms with E-state index in [4.69, 9.17) is 0 Å². The highest BCUT2D eigenvalue weighted by Gasteiger charge is 1.89. The first-order chi connectivity index (χ1) is 3.91. The lowest BCUT2D eigenvalue weighted by Gasteiger charge is -1.80. The molecular formula is C6H11NS+. The van der Waals surface area contributed by atoms with Crippen LogP contribution in [-0.4, -0.2) is 11.7 Å². The van der Waals surface area contributed by atoms with Crippen LogP contribution >= 0.6 is 12.2 Å². The third kappa shape index (κ3) is 5.80. The fourth-order valence-corrected chi connectivity index (χ4v) is 0.578. The average Bonchev–Trinajstić information content (AvgIpc) is 1.81. The van der Waals surface area contributed by atoms with E-state index < -0.39 is 0 Å². The number of thiocarbonyl (C=S) groups is 1. The highest BCUT2D eigenvalue weighted by molar-refractivity contribution is 7.78.